The lowest BCUT2D eigenvalue weighted by molar-refractivity contribution is 1.11. The summed E-state index contributed by atoms with van der Waals surface area (Å²) >= 11 is 7.69. The molecule has 3 rings (SSSR count). The normalized spacial score (nSPS) is 11.3. The van der Waals surface area contributed by atoms with Crippen molar-refractivity contribution in [2.45, 2.75) is 19.7 Å². The van der Waals surface area contributed by atoms with Gasteiger partial charge in [0.15, 0.2) is 4.96 Å². The van der Waals surface area contributed by atoms with Gasteiger partial charge >= 0.3 is 0 Å². The Morgan fingerprint density at radius 3 is 2.61 bits per heavy atom. The number of fused-ring (bicyclic) bond motifs is 1. The topological polar surface area (TPSA) is 17.3 Å². The average molecular weight is 277 g/mol. The molecule has 0 amide bonds. The van der Waals surface area contributed by atoms with Gasteiger partial charge in [-0.3, -0.25) is 4.40 Å². The molecule has 18 heavy (non-hydrogen) atoms. The van der Waals surface area contributed by atoms with Crippen molar-refractivity contribution in [3.8, 4) is 11.3 Å². The highest BCUT2D eigenvalue weighted by atomic mass is 35.5. The van der Waals surface area contributed by atoms with Crippen LogP contribution in [-0.2, 0) is 5.88 Å². The number of benzene rings is 1. The smallest absolute Gasteiger partial charge is 0.194 e. The summed E-state index contributed by atoms with van der Waals surface area (Å²) in [5.41, 5.74) is 4.74. The monoisotopic (exact) mass is 276 g/mol. The van der Waals surface area contributed by atoms with Crippen molar-refractivity contribution >= 4 is 27.9 Å². The van der Waals surface area contributed by atoms with Crippen molar-refractivity contribution in [1.82, 2.24) is 9.38 Å². The van der Waals surface area contributed by atoms with Gasteiger partial charge < -0.3 is 0 Å². The molecule has 2 nitrogen and oxygen atoms in total. The minimum Gasteiger partial charge on any atom is -0.286 e. The maximum Gasteiger partial charge on any atom is 0.194 e. The summed E-state index contributed by atoms with van der Waals surface area (Å²) in [5.74, 6) is 0.482. The van der Waals surface area contributed by atoms with Gasteiger partial charge in [-0.1, -0.05) is 29.8 Å². The zero-order valence-electron chi connectivity index (χ0n) is 10.3. The van der Waals surface area contributed by atoms with E-state index in [1.54, 1.807) is 11.3 Å². The Labute approximate surface area is 115 Å². The van der Waals surface area contributed by atoms with Crippen LogP contribution in [0.1, 0.15) is 16.1 Å². The van der Waals surface area contributed by atoms with Crippen LogP contribution in [0.2, 0.25) is 0 Å². The Morgan fingerprint density at radius 2 is 1.94 bits per heavy atom. The number of hydrogen-bond acceptors (Lipinski definition) is 2. The molecule has 0 spiro atoms. The van der Waals surface area contributed by atoms with Crippen molar-refractivity contribution in [3.05, 3.63) is 46.6 Å². The van der Waals surface area contributed by atoms with Gasteiger partial charge in [0.05, 0.1) is 23.5 Å². The van der Waals surface area contributed by atoms with Gasteiger partial charge in [0.25, 0.3) is 0 Å². The van der Waals surface area contributed by atoms with Gasteiger partial charge in [-0.05, 0) is 19.4 Å². The number of aromatic nitrogens is 2. The van der Waals surface area contributed by atoms with E-state index < -0.39 is 0 Å². The zero-order chi connectivity index (χ0) is 12.7. The average Bonchev–Trinajstić information content (AvgIpc) is 2.88. The van der Waals surface area contributed by atoms with Gasteiger partial charge in [-0.25, -0.2) is 4.98 Å². The minimum absolute atomic E-state index is 0.482. The fourth-order valence-corrected chi connectivity index (χ4v) is 3.33. The maximum atomic E-state index is 5.98. The predicted octanol–water partition coefficient (Wildman–Crippen LogP) is 4.42. The van der Waals surface area contributed by atoms with Crippen LogP contribution < -0.4 is 0 Å². The summed E-state index contributed by atoms with van der Waals surface area (Å²) in [4.78, 5) is 6.70. The molecule has 0 saturated carbocycles. The van der Waals surface area contributed by atoms with Gasteiger partial charge in [-0.2, -0.15) is 0 Å². The lowest BCUT2D eigenvalue weighted by atomic mass is 10.1. The number of imidazole rings is 1. The molecule has 2 aromatic heterocycles. The SMILES string of the molecule is Cc1ccc(-c2c(C)sc3ncc(CCl)n23)cc1. The van der Waals surface area contributed by atoms with Crippen molar-refractivity contribution < 1.29 is 0 Å². The highest BCUT2D eigenvalue weighted by Crippen LogP contribution is 2.32. The molecule has 0 aliphatic heterocycles. The van der Waals surface area contributed by atoms with E-state index in [1.165, 1.54) is 21.7 Å². The maximum absolute atomic E-state index is 5.98. The van der Waals surface area contributed by atoms with Crippen LogP contribution >= 0.6 is 22.9 Å². The Bertz CT molecular complexity index is 694. The van der Waals surface area contributed by atoms with Crippen molar-refractivity contribution in [2.24, 2.45) is 0 Å². The van der Waals surface area contributed by atoms with Gasteiger partial charge in [0.1, 0.15) is 0 Å². The van der Waals surface area contributed by atoms with E-state index in [2.05, 4.69) is 47.5 Å². The molecule has 0 aliphatic rings. The van der Waals surface area contributed by atoms with Gasteiger partial charge in [0.2, 0.25) is 0 Å². The van der Waals surface area contributed by atoms with Crippen LogP contribution in [0.4, 0.5) is 0 Å². The molecule has 0 unspecified atom stereocenters. The molecule has 0 saturated heterocycles. The van der Waals surface area contributed by atoms with Crippen LogP contribution in [-0.4, -0.2) is 9.38 Å². The summed E-state index contributed by atoms with van der Waals surface area (Å²) in [7, 11) is 0. The fraction of sp³-hybridized carbons (Fsp3) is 0.214. The molecule has 0 fully saturated rings. The summed E-state index contributed by atoms with van der Waals surface area (Å²) in [6.07, 6.45) is 1.86. The van der Waals surface area contributed by atoms with Crippen molar-refractivity contribution in [1.29, 1.82) is 0 Å². The van der Waals surface area contributed by atoms with E-state index >= 15 is 0 Å². The van der Waals surface area contributed by atoms with Crippen molar-refractivity contribution in [2.75, 3.05) is 0 Å². The Hall–Kier alpha value is -1.32. The Kier molecular flexibility index (Phi) is 2.88. The standard InChI is InChI=1S/C14H13ClN2S/c1-9-3-5-11(6-4-9)13-10(2)18-14-16-8-12(7-15)17(13)14/h3-6,8H,7H2,1-2H3. The van der Waals surface area contributed by atoms with E-state index in [9.17, 15) is 0 Å². The highest BCUT2D eigenvalue weighted by Gasteiger charge is 2.14. The number of aryl methyl sites for hydroxylation is 2. The first-order chi connectivity index (χ1) is 8.70. The van der Waals surface area contributed by atoms with E-state index in [0.29, 0.717) is 5.88 Å². The second kappa shape index (κ2) is 4.41. The van der Waals surface area contributed by atoms with E-state index in [0.717, 1.165) is 10.7 Å². The second-order valence-electron chi connectivity index (χ2n) is 4.37. The molecule has 3 aromatic rings. The number of halogens is 1. The minimum atomic E-state index is 0.482. The lowest BCUT2D eigenvalue weighted by Gasteiger charge is -2.05. The molecule has 4 heteroatoms. The summed E-state index contributed by atoms with van der Waals surface area (Å²) in [6.45, 7) is 4.23. The third kappa shape index (κ3) is 1.74. The largest absolute Gasteiger partial charge is 0.286 e. The molecule has 0 bridgehead atoms. The zero-order valence-corrected chi connectivity index (χ0v) is 11.8. The lowest BCUT2D eigenvalue weighted by Crippen LogP contribution is -1.92. The van der Waals surface area contributed by atoms with Gasteiger partial charge in [0, 0.05) is 4.88 Å². The molecule has 92 valence electrons. The predicted molar refractivity (Wildman–Crippen MR) is 77.5 cm³/mol. The molecule has 2 heterocycles. The number of nitrogens with zero attached hydrogens (tertiary/aromatic N) is 2. The van der Waals surface area contributed by atoms with Crippen LogP contribution in [0.5, 0.6) is 0 Å². The van der Waals surface area contributed by atoms with E-state index in [1.807, 2.05) is 6.20 Å². The molecule has 1 aromatic carbocycles. The highest BCUT2D eigenvalue weighted by molar-refractivity contribution is 7.17. The first-order valence-corrected chi connectivity index (χ1v) is 7.14. The van der Waals surface area contributed by atoms with E-state index in [4.69, 9.17) is 11.6 Å². The van der Waals surface area contributed by atoms with Gasteiger partial charge in [-0.15, -0.1) is 22.9 Å². The second-order valence-corrected chi connectivity index (χ2v) is 5.82. The van der Waals surface area contributed by atoms with Crippen LogP contribution in [0.25, 0.3) is 16.2 Å². The summed E-state index contributed by atoms with van der Waals surface area (Å²) in [5, 5.41) is 0. The molecule has 0 atom stereocenters. The van der Waals surface area contributed by atoms with Crippen LogP contribution in [0, 0.1) is 13.8 Å². The molecule has 0 N–H and O–H groups in total. The van der Waals surface area contributed by atoms with Crippen molar-refractivity contribution in [3.63, 3.8) is 0 Å². The number of alkyl halides is 1. The number of hydrogen-bond donors (Lipinski definition) is 0. The quantitative estimate of drug-likeness (QED) is 0.634. The fourth-order valence-electron chi connectivity index (χ4n) is 2.16. The first kappa shape index (κ1) is 11.8. The molecule has 0 radical (unpaired) electrons. The third-order valence-electron chi connectivity index (χ3n) is 3.07. The third-order valence-corrected chi connectivity index (χ3v) is 4.31. The van der Waals surface area contributed by atoms with Crippen LogP contribution in [0.15, 0.2) is 30.5 Å². The van der Waals surface area contributed by atoms with E-state index in [-0.39, 0.29) is 0 Å². The number of thiazole rings is 1. The molecule has 0 aliphatic carbocycles. The molecular weight excluding hydrogens is 264 g/mol. The summed E-state index contributed by atoms with van der Waals surface area (Å²) < 4.78 is 2.16. The number of rotatable bonds is 2. The Morgan fingerprint density at radius 1 is 1.22 bits per heavy atom. The Balaban J connectivity index is 2.29. The summed E-state index contributed by atoms with van der Waals surface area (Å²) in [6, 6.07) is 8.58. The van der Waals surface area contributed by atoms with Crippen LogP contribution in [0.3, 0.4) is 0 Å². The first-order valence-electron chi connectivity index (χ1n) is 5.79. The molecular formula is C14H13ClN2S.